The lowest BCUT2D eigenvalue weighted by atomic mass is 10.1. The average molecular weight is 314 g/mol. The summed E-state index contributed by atoms with van der Waals surface area (Å²) < 4.78 is 10.4. The number of hydrogen-bond donors (Lipinski definition) is 0. The zero-order valence-electron chi connectivity index (χ0n) is 11.8. The van der Waals surface area contributed by atoms with E-state index >= 15 is 0 Å². The van der Waals surface area contributed by atoms with Gasteiger partial charge in [0.25, 0.3) is 0 Å². The molecule has 0 aliphatic carbocycles. The van der Waals surface area contributed by atoms with Crippen LogP contribution in [0.2, 0.25) is 0 Å². The summed E-state index contributed by atoms with van der Waals surface area (Å²) in [6, 6.07) is 9.42. The SMILES string of the molecule is O=C(OCCCc1cncs1)c1ocnc1-c1ccccc1. The van der Waals surface area contributed by atoms with Gasteiger partial charge in [0, 0.05) is 16.6 Å². The summed E-state index contributed by atoms with van der Waals surface area (Å²) in [6.07, 6.45) is 4.69. The van der Waals surface area contributed by atoms with Crippen molar-refractivity contribution in [3.63, 3.8) is 0 Å². The van der Waals surface area contributed by atoms with Crippen molar-refractivity contribution < 1.29 is 13.9 Å². The normalized spacial score (nSPS) is 10.5. The number of esters is 1. The number of aryl methyl sites for hydroxylation is 1. The molecule has 0 radical (unpaired) electrons. The van der Waals surface area contributed by atoms with Gasteiger partial charge in [0.15, 0.2) is 6.39 Å². The second kappa shape index (κ2) is 7.00. The fourth-order valence-corrected chi connectivity index (χ4v) is 2.68. The van der Waals surface area contributed by atoms with E-state index in [0.29, 0.717) is 12.3 Å². The number of nitrogens with zero attached hydrogens (tertiary/aromatic N) is 2. The second-order valence-corrected chi connectivity index (χ2v) is 5.57. The van der Waals surface area contributed by atoms with Gasteiger partial charge in [0.1, 0.15) is 5.69 Å². The highest BCUT2D eigenvalue weighted by Gasteiger charge is 2.19. The summed E-state index contributed by atoms with van der Waals surface area (Å²) in [6.45, 7) is 0.339. The van der Waals surface area contributed by atoms with Crippen LogP contribution in [0.3, 0.4) is 0 Å². The quantitative estimate of drug-likeness (QED) is 0.514. The first-order valence-electron chi connectivity index (χ1n) is 6.88. The number of oxazole rings is 1. The number of hydrogen-bond acceptors (Lipinski definition) is 6. The largest absolute Gasteiger partial charge is 0.460 e. The minimum Gasteiger partial charge on any atom is -0.460 e. The van der Waals surface area contributed by atoms with Gasteiger partial charge in [-0.05, 0) is 12.8 Å². The van der Waals surface area contributed by atoms with Crippen LogP contribution in [0, 0.1) is 0 Å². The maximum absolute atomic E-state index is 12.1. The number of carbonyl (C=O) groups excluding carboxylic acids is 1. The van der Waals surface area contributed by atoms with Crippen molar-refractivity contribution in [2.75, 3.05) is 6.61 Å². The van der Waals surface area contributed by atoms with Crippen LogP contribution in [0.4, 0.5) is 0 Å². The second-order valence-electron chi connectivity index (χ2n) is 4.60. The Morgan fingerprint density at radius 1 is 1.27 bits per heavy atom. The molecule has 112 valence electrons. The lowest BCUT2D eigenvalue weighted by Gasteiger charge is -2.03. The van der Waals surface area contributed by atoms with Crippen molar-refractivity contribution in [2.45, 2.75) is 12.8 Å². The predicted octanol–water partition coefficient (Wildman–Crippen LogP) is 3.59. The van der Waals surface area contributed by atoms with E-state index in [0.717, 1.165) is 18.4 Å². The molecule has 0 amide bonds. The van der Waals surface area contributed by atoms with Crippen LogP contribution in [0.25, 0.3) is 11.3 Å². The molecule has 0 atom stereocenters. The van der Waals surface area contributed by atoms with Gasteiger partial charge < -0.3 is 9.15 Å². The maximum atomic E-state index is 12.1. The van der Waals surface area contributed by atoms with E-state index in [1.807, 2.05) is 36.5 Å². The Kier molecular flexibility index (Phi) is 4.60. The van der Waals surface area contributed by atoms with Crippen molar-refractivity contribution in [3.8, 4) is 11.3 Å². The van der Waals surface area contributed by atoms with Gasteiger partial charge in [-0.1, -0.05) is 30.3 Å². The summed E-state index contributed by atoms with van der Waals surface area (Å²) in [5.74, 6) is -0.343. The van der Waals surface area contributed by atoms with Gasteiger partial charge in [-0.2, -0.15) is 0 Å². The molecular formula is C16H14N2O3S. The molecule has 6 heteroatoms. The van der Waals surface area contributed by atoms with Crippen LogP contribution < -0.4 is 0 Å². The minimum atomic E-state index is -0.486. The van der Waals surface area contributed by atoms with Crippen LogP contribution in [0.15, 0.2) is 52.9 Å². The van der Waals surface area contributed by atoms with Crippen molar-refractivity contribution >= 4 is 17.3 Å². The molecule has 2 heterocycles. The third kappa shape index (κ3) is 3.40. The van der Waals surface area contributed by atoms with Crippen molar-refractivity contribution in [1.29, 1.82) is 0 Å². The molecule has 0 saturated carbocycles. The van der Waals surface area contributed by atoms with E-state index in [-0.39, 0.29) is 5.76 Å². The molecule has 0 aliphatic rings. The fourth-order valence-electron chi connectivity index (χ4n) is 2.04. The summed E-state index contributed by atoms with van der Waals surface area (Å²) in [5, 5.41) is 0. The fraction of sp³-hybridized carbons (Fsp3) is 0.188. The van der Waals surface area contributed by atoms with Gasteiger partial charge in [0.2, 0.25) is 5.76 Å². The smallest absolute Gasteiger partial charge is 0.376 e. The first kappa shape index (κ1) is 14.5. The van der Waals surface area contributed by atoms with Crippen LogP contribution in [-0.4, -0.2) is 22.5 Å². The Balaban J connectivity index is 1.58. The molecule has 2 aromatic heterocycles. The molecule has 3 aromatic rings. The van der Waals surface area contributed by atoms with Crippen molar-refractivity contribution in [3.05, 3.63) is 59.1 Å². The third-order valence-corrected chi connectivity index (χ3v) is 3.92. The average Bonchev–Trinajstić information content (AvgIpc) is 3.23. The highest BCUT2D eigenvalue weighted by atomic mass is 32.1. The molecule has 0 fully saturated rings. The predicted molar refractivity (Wildman–Crippen MR) is 82.7 cm³/mol. The molecule has 0 spiro atoms. The zero-order chi connectivity index (χ0) is 15.2. The number of benzene rings is 1. The Labute approximate surface area is 131 Å². The number of carbonyl (C=O) groups is 1. The van der Waals surface area contributed by atoms with Crippen LogP contribution in [-0.2, 0) is 11.2 Å². The Morgan fingerprint density at radius 2 is 2.14 bits per heavy atom. The molecular weight excluding hydrogens is 300 g/mol. The molecule has 0 unspecified atom stereocenters. The Hall–Kier alpha value is -2.47. The van der Waals surface area contributed by atoms with E-state index in [4.69, 9.17) is 9.15 Å². The van der Waals surface area contributed by atoms with Crippen LogP contribution >= 0.6 is 11.3 Å². The Bertz CT molecular complexity index is 723. The minimum absolute atomic E-state index is 0.143. The van der Waals surface area contributed by atoms with Crippen LogP contribution in [0.1, 0.15) is 21.9 Å². The summed E-state index contributed by atoms with van der Waals surface area (Å²) in [5.41, 5.74) is 3.13. The number of rotatable bonds is 6. The summed E-state index contributed by atoms with van der Waals surface area (Å²) in [7, 11) is 0. The molecule has 22 heavy (non-hydrogen) atoms. The van der Waals surface area contributed by atoms with Gasteiger partial charge in [0.05, 0.1) is 12.1 Å². The lowest BCUT2D eigenvalue weighted by molar-refractivity contribution is 0.0466. The van der Waals surface area contributed by atoms with Gasteiger partial charge in [-0.25, -0.2) is 9.78 Å². The summed E-state index contributed by atoms with van der Waals surface area (Å²) in [4.78, 5) is 21.4. The third-order valence-electron chi connectivity index (χ3n) is 3.08. The van der Waals surface area contributed by atoms with Crippen molar-refractivity contribution in [2.24, 2.45) is 0 Å². The topological polar surface area (TPSA) is 65.2 Å². The van der Waals surface area contributed by atoms with E-state index in [9.17, 15) is 4.79 Å². The van der Waals surface area contributed by atoms with Crippen molar-refractivity contribution in [1.82, 2.24) is 9.97 Å². The maximum Gasteiger partial charge on any atom is 0.376 e. The zero-order valence-corrected chi connectivity index (χ0v) is 12.6. The van der Waals surface area contributed by atoms with Gasteiger partial charge in [-0.15, -0.1) is 11.3 Å². The van der Waals surface area contributed by atoms with E-state index in [1.165, 1.54) is 11.3 Å². The Morgan fingerprint density at radius 3 is 2.91 bits per heavy atom. The van der Waals surface area contributed by atoms with E-state index < -0.39 is 5.97 Å². The van der Waals surface area contributed by atoms with Crippen LogP contribution in [0.5, 0.6) is 0 Å². The molecule has 0 aliphatic heterocycles. The highest BCUT2D eigenvalue weighted by Crippen LogP contribution is 2.22. The molecule has 0 bridgehead atoms. The summed E-state index contributed by atoms with van der Waals surface area (Å²) >= 11 is 1.60. The molecule has 3 rings (SSSR count). The molecule has 0 N–H and O–H groups in total. The first-order chi connectivity index (χ1) is 10.8. The number of ether oxygens (including phenoxy) is 1. The standard InChI is InChI=1S/C16H14N2O3S/c19-16(20-8-4-7-13-9-17-11-22-13)15-14(18-10-21-15)12-5-2-1-3-6-12/h1-3,5-6,9-11H,4,7-8H2. The highest BCUT2D eigenvalue weighted by molar-refractivity contribution is 7.09. The van der Waals surface area contributed by atoms with E-state index in [1.54, 1.807) is 16.8 Å². The van der Waals surface area contributed by atoms with E-state index in [2.05, 4.69) is 9.97 Å². The molecule has 1 aromatic carbocycles. The first-order valence-corrected chi connectivity index (χ1v) is 7.76. The van der Waals surface area contributed by atoms with Gasteiger partial charge >= 0.3 is 5.97 Å². The van der Waals surface area contributed by atoms with Gasteiger partial charge in [-0.3, -0.25) is 4.98 Å². The number of thiazole rings is 1. The molecule has 0 saturated heterocycles. The number of aromatic nitrogens is 2. The molecule has 5 nitrogen and oxygen atoms in total. The monoisotopic (exact) mass is 314 g/mol. The lowest BCUT2D eigenvalue weighted by Crippen LogP contribution is -2.07.